The molecule has 0 fully saturated rings. The van der Waals surface area contributed by atoms with E-state index in [1.54, 1.807) is 35.3 Å². The van der Waals surface area contributed by atoms with Crippen LogP contribution in [-0.2, 0) is 9.53 Å². The van der Waals surface area contributed by atoms with Crippen molar-refractivity contribution < 1.29 is 14.3 Å². The number of carbonyl (C=O) groups excluding carboxylic acids is 2. The van der Waals surface area contributed by atoms with Gasteiger partial charge in [0.05, 0.1) is 34.0 Å². The summed E-state index contributed by atoms with van der Waals surface area (Å²) < 4.78 is 7.18. The van der Waals surface area contributed by atoms with Gasteiger partial charge in [-0.2, -0.15) is 5.10 Å². The summed E-state index contributed by atoms with van der Waals surface area (Å²) in [6.45, 7) is 3.56. The molecule has 1 amide bonds. The van der Waals surface area contributed by atoms with Crippen molar-refractivity contribution in [1.29, 1.82) is 0 Å². The summed E-state index contributed by atoms with van der Waals surface area (Å²) in [5.74, 6) is -1.06. The van der Waals surface area contributed by atoms with E-state index in [4.69, 9.17) is 9.72 Å². The maximum atomic E-state index is 13.1. The average Bonchev–Trinajstić information content (AvgIpc) is 3.32. The Bertz CT molecular complexity index is 1540. The van der Waals surface area contributed by atoms with Crippen LogP contribution in [0.25, 0.3) is 33.2 Å². The fraction of sp³-hybridized carbons (Fsp3) is 0.148. The van der Waals surface area contributed by atoms with Crippen LogP contribution < -0.4 is 5.32 Å². The van der Waals surface area contributed by atoms with Gasteiger partial charge in [-0.25, -0.2) is 14.5 Å². The SMILES string of the molecule is CC(C)n1ncc2c(C(=O)OCC(=O)Nc3cccc4ncccc34)cc(-c3ccccc3)nc21. The molecule has 35 heavy (non-hydrogen) atoms. The number of pyridine rings is 2. The molecule has 3 aromatic heterocycles. The molecule has 0 atom stereocenters. The minimum atomic E-state index is -0.618. The Hall–Kier alpha value is -4.59. The van der Waals surface area contributed by atoms with Gasteiger partial charge in [0.2, 0.25) is 0 Å². The van der Waals surface area contributed by atoms with Gasteiger partial charge in [0, 0.05) is 23.2 Å². The van der Waals surface area contributed by atoms with E-state index in [2.05, 4.69) is 15.4 Å². The number of rotatable bonds is 6. The van der Waals surface area contributed by atoms with Crippen molar-refractivity contribution in [3.63, 3.8) is 0 Å². The minimum absolute atomic E-state index is 0.0517. The number of benzene rings is 2. The number of aromatic nitrogens is 4. The molecular formula is C27H23N5O3. The van der Waals surface area contributed by atoms with Gasteiger partial charge < -0.3 is 10.1 Å². The molecule has 0 aliphatic heterocycles. The number of nitrogens with one attached hydrogen (secondary N) is 1. The Morgan fingerprint density at radius 3 is 2.63 bits per heavy atom. The largest absolute Gasteiger partial charge is 0.452 e. The van der Waals surface area contributed by atoms with Crippen LogP contribution in [0.15, 0.2) is 79.1 Å². The molecule has 0 spiro atoms. The molecule has 8 nitrogen and oxygen atoms in total. The molecule has 1 N–H and O–H groups in total. The van der Waals surface area contributed by atoms with Gasteiger partial charge in [-0.15, -0.1) is 0 Å². The highest BCUT2D eigenvalue weighted by atomic mass is 16.5. The van der Waals surface area contributed by atoms with Gasteiger partial charge in [-0.05, 0) is 44.2 Å². The first-order chi connectivity index (χ1) is 17.0. The van der Waals surface area contributed by atoms with E-state index in [9.17, 15) is 9.59 Å². The molecule has 0 saturated heterocycles. The lowest BCUT2D eigenvalue weighted by molar-refractivity contribution is -0.119. The van der Waals surface area contributed by atoms with E-state index >= 15 is 0 Å². The number of amides is 1. The lowest BCUT2D eigenvalue weighted by atomic mass is 10.1. The summed E-state index contributed by atoms with van der Waals surface area (Å²) in [5.41, 5.74) is 3.75. The topological polar surface area (TPSA) is 99.0 Å². The number of nitrogens with zero attached hydrogens (tertiary/aromatic N) is 4. The summed E-state index contributed by atoms with van der Waals surface area (Å²) in [5, 5.41) is 8.59. The maximum Gasteiger partial charge on any atom is 0.339 e. The first kappa shape index (κ1) is 22.2. The van der Waals surface area contributed by atoms with Crippen molar-refractivity contribution >= 4 is 39.5 Å². The number of carbonyl (C=O) groups is 2. The summed E-state index contributed by atoms with van der Waals surface area (Å²) in [6.07, 6.45) is 3.30. The van der Waals surface area contributed by atoms with Crippen LogP contribution in [0.4, 0.5) is 5.69 Å². The Kier molecular flexibility index (Phi) is 5.93. The molecule has 5 rings (SSSR count). The van der Waals surface area contributed by atoms with E-state index in [-0.39, 0.29) is 6.04 Å². The number of anilines is 1. The molecule has 5 aromatic rings. The highest BCUT2D eigenvalue weighted by Gasteiger charge is 2.20. The van der Waals surface area contributed by atoms with Gasteiger partial charge in [0.25, 0.3) is 5.91 Å². The number of hydrogen-bond acceptors (Lipinski definition) is 6. The van der Waals surface area contributed by atoms with E-state index in [0.717, 1.165) is 16.5 Å². The zero-order valence-electron chi connectivity index (χ0n) is 19.3. The number of ether oxygens (including phenoxy) is 1. The van der Waals surface area contributed by atoms with Crippen LogP contribution >= 0.6 is 0 Å². The van der Waals surface area contributed by atoms with Crippen molar-refractivity contribution in [3.05, 3.63) is 84.7 Å². The second-order valence-corrected chi connectivity index (χ2v) is 8.34. The van der Waals surface area contributed by atoms with Crippen LogP contribution in [0.5, 0.6) is 0 Å². The average molecular weight is 466 g/mol. The van der Waals surface area contributed by atoms with Crippen molar-refractivity contribution in [2.24, 2.45) is 0 Å². The molecular weight excluding hydrogens is 442 g/mol. The first-order valence-corrected chi connectivity index (χ1v) is 11.3. The zero-order chi connectivity index (χ0) is 24.4. The minimum Gasteiger partial charge on any atom is -0.452 e. The normalized spacial score (nSPS) is 11.2. The van der Waals surface area contributed by atoms with Crippen LogP contribution in [0, 0.1) is 0 Å². The quantitative estimate of drug-likeness (QED) is 0.354. The molecule has 0 bridgehead atoms. The third kappa shape index (κ3) is 4.46. The molecule has 0 aliphatic carbocycles. The molecule has 0 unspecified atom stereocenters. The van der Waals surface area contributed by atoms with Crippen LogP contribution in [0.3, 0.4) is 0 Å². The van der Waals surface area contributed by atoms with Crippen LogP contribution in [0.1, 0.15) is 30.2 Å². The molecule has 3 heterocycles. The monoisotopic (exact) mass is 465 g/mol. The van der Waals surface area contributed by atoms with Gasteiger partial charge in [0.1, 0.15) is 0 Å². The van der Waals surface area contributed by atoms with Gasteiger partial charge in [-0.3, -0.25) is 9.78 Å². The van der Waals surface area contributed by atoms with Crippen molar-refractivity contribution in [2.75, 3.05) is 11.9 Å². The summed E-state index contributed by atoms with van der Waals surface area (Å²) in [7, 11) is 0. The summed E-state index contributed by atoms with van der Waals surface area (Å²) in [6, 6.07) is 20.4. The Balaban J connectivity index is 1.40. The van der Waals surface area contributed by atoms with Crippen LogP contribution in [0.2, 0.25) is 0 Å². The number of fused-ring (bicyclic) bond motifs is 2. The summed E-state index contributed by atoms with van der Waals surface area (Å²) in [4.78, 5) is 34.8. The Morgan fingerprint density at radius 2 is 1.83 bits per heavy atom. The second kappa shape index (κ2) is 9.34. The first-order valence-electron chi connectivity index (χ1n) is 11.3. The van der Waals surface area contributed by atoms with Gasteiger partial charge >= 0.3 is 5.97 Å². The fourth-order valence-electron chi connectivity index (χ4n) is 3.93. The maximum absolute atomic E-state index is 13.1. The predicted molar refractivity (Wildman–Crippen MR) is 134 cm³/mol. The van der Waals surface area contributed by atoms with Gasteiger partial charge in [-0.1, -0.05) is 36.4 Å². The fourth-order valence-corrected chi connectivity index (χ4v) is 3.93. The lowest BCUT2D eigenvalue weighted by Crippen LogP contribution is -2.21. The molecule has 2 aromatic carbocycles. The predicted octanol–water partition coefficient (Wildman–Crippen LogP) is 5.02. The number of esters is 1. The van der Waals surface area contributed by atoms with Crippen molar-refractivity contribution in [3.8, 4) is 11.3 Å². The molecule has 0 radical (unpaired) electrons. The standard InChI is InChI=1S/C27H23N5O3/c1-17(2)32-26-21(15-29-32)20(14-24(31-26)18-8-4-3-5-9-18)27(34)35-16-25(33)30-23-12-6-11-22-19(23)10-7-13-28-22/h3-15,17H,16H2,1-2H3,(H,30,33). The van der Waals surface area contributed by atoms with E-state index in [0.29, 0.717) is 28.0 Å². The van der Waals surface area contributed by atoms with E-state index in [1.165, 1.54) is 0 Å². The molecule has 8 heteroatoms. The Labute approximate surface area is 201 Å². The van der Waals surface area contributed by atoms with Crippen molar-refractivity contribution in [1.82, 2.24) is 19.7 Å². The molecule has 0 saturated carbocycles. The smallest absolute Gasteiger partial charge is 0.339 e. The Morgan fingerprint density at radius 1 is 1.00 bits per heavy atom. The molecule has 174 valence electrons. The second-order valence-electron chi connectivity index (χ2n) is 8.34. The van der Waals surface area contributed by atoms with E-state index in [1.807, 2.05) is 62.4 Å². The lowest BCUT2D eigenvalue weighted by Gasteiger charge is -2.11. The zero-order valence-corrected chi connectivity index (χ0v) is 19.3. The number of hydrogen-bond donors (Lipinski definition) is 1. The third-order valence-corrected chi connectivity index (χ3v) is 5.60. The molecule has 0 aliphatic rings. The highest BCUT2D eigenvalue weighted by Crippen LogP contribution is 2.27. The van der Waals surface area contributed by atoms with Crippen molar-refractivity contribution in [2.45, 2.75) is 19.9 Å². The highest BCUT2D eigenvalue weighted by molar-refractivity contribution is 6.06. The van der Waals surface area contributed by atoms with Crippen LogP contribution in [-0.4, -0.2) is 38.2 Å². The van der Waals surface area contributed by atoms with Gasteiger partial charge in [0.15, 0.2) is 12.3 Å². The van der Waals surface area contributed by atoms with E-state index < -0.39 is 18.5 Å². The third-order valence-electron chi connectivity index (χ3n) is 5.60. The summed E-state index contributed by atoms with van der Waals surface area (Å²) >= 11 is 0.